The summed E-state index contributed by atoms with van der Waals surface area (Å²) in [6.07, 6.45) is 0.451. The minimum atomic E-state index is -1.69. The van der Waals surface area contributed by atoms with Crippen molar-refractivity contribution in [2.24, 2.45) is 16.7 Å². The average molecular weight is 244 g/mol. The van der Waals surface area contributed by atoms with E-state index in [1.54, 1.807) is 6.92 Å². The highest BCUT2D eigenvalue weighted by Gasteiger charge is 2.75. The number of rotatable bonds is 1. The van der Waals surface area contributed by atoms with Crippen molar-refractivity contribution in [3.63, 3.8) is 0 Å². The van der Waals surface area contributed by atoms with Gasteiger partial charge in [0.1, 0.15) is 0 Å². The van der Waals surface area contributed by atoms with Crippen LogP contribution in [0.5, 0.6) is 0 Å². The maximum absolute atomic E-state index is 9.49. The quantitative estimate of drug-likeness (QED) is 0.746. The molecule has 0 unspecified atom stereocenters. The number of hydrogen-bond donors (Lipinski definition) is 1. The third-order valence-corrected chi connectivity index (χ3v) is 4.20. The molecule has 6 heteroatoms. The number of fused-ring (bicyclic) bond motifs is 2. The molecule has 0 saturated carbocycles. The zero-order chi connectivity index (χ0) is 13.6. The molecule has 0 aliphatic carbocycles. The van der Waals surface area contributed by atoms with Gasteiger partial charge in [0.05, 0.1) is 30.7 Å². The molecule has 0 aromatic rings. The fourth-order valence-corrected chi connectivity index (χ4v) is 2.92. The monoisotopic (exact) mass is 244 g/mol. The first kappa shape index (κ1) is 12.4. The first-order valence-corrected chi connectivity index (χ1v) is 5.64. The summed E-state index contributed by atoms with van der Waals surface area (Å²) in [4.78, 5) is 0. The minimum Gasteiger partial charge on any atom is -0.447 e. The second-order valence-electron chi connectivity index (χ2n) is 4.66. The van der Waals surface area contributed by atoms with Crippen LogP contribution in [-0.2, 0) is 9.47 Å². The van der Waals surface area contributed by atoms with E-state index in [9.17, 15) is 15.8 Å². The molecule has 0 radical (unpaired) electrons. The van der Waals surface area contributed by atoms with Gasteiger partial charge in [-0.2, -0.15) is 15.8 Å². The van der Waals surface area contributed by atoms with E-state index in [4.69, 9.17) is 14.9 Å². The number of nitriles is 3. The second-order valence-corrected chi connectivity index (χ2v) is 4.66. The lowest BCUT2D eigenvalue weighted by Gasteiger charge is -2.43. The van der Waals surface area contributed by atoms with Crippen LogP contribution in [0.1, 0.15) is 20.3 Å². The lowest BCUT2D eigenvalue weighted by atomic mass is 9.57. The van der Waals surface area contributed by atoms with Crippen molar-refractivity contribution in [3.8, 4) is 18.2 Å². The van der Waals surface area contributed by atoms with Crippen molar-refractivity contribution in [3.05, 3.63) is 0 Å². The molecular weight excluding hydrogens is 232 g/mol. The number of ether oxygens (including phenoxy) is 2. The fourth-order valence-electron chi connectivity index (χ4n) is 2.92. The van der Waals surface area contributed by atoms with Gasteiger partial charge in [0.15, 0.2) is 10.8 Å². The Bertz CT molecular complexity index is 524. The van der Waals surface area contributed by atoms with Crippen molar-refractivity contribution in [2.45, 2.75) is 26.1 Å². The van der Waals surface area contributed by atoms with Crippen molar-refractivity contribution in [1.29, 1.82) is 21.2 Å². The maximum atomic E-state index is 9.49. The summed E-state index contributed by atoms with van der Waals surface area (Å²) in [5.74, 6) is -1.94. The number of nitrogens with one attached hydrogen (secondary N) is 1. The molecule has 0 spiro atoms. The molecule has 0 aromatic carbocycles. The van der Waals surface area contributed by atoms with E-state index in [0.29, 0.717) is 6.42 Å². The SMILES string of the molecule is CC[C@@]12OCC(C#N)(C#N)[C@@](C#N)(C(=N)O1)[C@H]2C. The van der Waals surface area contributed by atoms with Crippen LogP contribution in [0.15, 0.2) is 0 Å². The highest BCUT2D eigenvalue weighted by Crippen LogP contribution is 2.60. The van der Waals surface area contributed by atoms with E-state index >= 15 is 0 Å². The van der Waals surface area contributed by atoms with Gasteiger partial charge >= 0.3 is 0 Å². The standard InChI is InChI=1S/C12H12N4O2/c1-3-12-8(2)11(6-15,9(16)18-12)10(4-13,5-14)7-17-12/h8,16H,3,7H2,1-2H3/t8-,11-,12-/m1/s1. The molecule has 2 bridgehead atoms. The van der Waals surface area contributed by atoms with Gasteiger partial charge in [-0.15, -0.1) is 0 Å². The Labute approximate surface area is 105 Å². The summed E-state index contributed by atoms with van der Waals surface area (Å²) >= 11 is 0. The average Bonchev–Trinajstić information content (AvgIpc) is 2.55. The van der Waals surface area contributed by atoms with Crippen LogP contribution in [0.2, 0.25) is 0 Å². The predicted molar refractivity (Wildman–Crippen MR) is 58.7 cm³/mol. The first-order chi connectivity index (χ1) is 8.48. The summed E-state index contributed by atoms with van der Waals surface area (Å²) in [6.45, 7) is 3.30. The third-order valence-electron chi connectivity index (χ3n) is 4.20. The lowest BCUT2D eigenvalue weighted by molar-refractivity contribution is -0.244. The predicted octanol–water partition coefficient (Wildman–Crippen LogP) is 1.31. The van der Waals surface area contributed by atoms with Crippen LogP contribution < -0.4 is 0 Å². The molecule has 2 aliphatic rings. The highest BCUT2D eigenvalue weighted by atomic mass is 16.7. The van der Waals surface area contributed by atoms with Crippen molar-refractivity contribution < 1.29 is 9.47 Å². The van der Waals surface area contributed by atoms with E-state index in [1.807, 2.05) is 25.1 Å². The van der Waals surface area contributed by atoms with Crippen molar-refractivity contribution in [1.82, 2.24) is 0 Å². The zero-order valence-electron chi connectivity index (χ0n) is 10.1. The van der Waals surface area contributed by atoms with E-state index < -0.39 is 22.5 Å². The van der Waals surface area contributed by atoms with Gasteiger partial charge in [-0.1, -0.05) is 13.8 Å². The largest absolute Gasteiger partial charge is 0.447 e. The summed E-state index contributed by atoms with van der Waals surface area (Å²) < 4.78 is 11.0. The summed E-state index contributed by atoms with van der Waals surface area (Å²) in [7, 11) is 0. The highest BCUT2D eigenvalue weighted by molar-refractivity contribution is 5.88. The van der Waals surface area contributed by atoms with E-state index in [-0.39, 0.29) is 12.5 Å². The molecule has 6 nitrogen and oxygen atoms in total. The summed E-state index contributed by atoms with van der Waals surface area (Å²) in [5, 5.41) is 36.0. The molecule has 0 amide bonds. The Morgan fingerprint density at radius 2 is 1.94 bits per heavy atom. The molecule has 92 valence electrons. The Morgan fingerprint density at radius 3 is 2.39 bits per heavy atom. The van der Waals surface area contributed by atoms with E-state index in [2.05, 4.69) is 0 Å². The first-order valence-electron chi connectivity index (χ1n) is 5.64. The van der Waals surface area contributed by atoms with Crippen LogP contribution in [0, 0.1) is 56.2 Å². The fraction of sp³-hybridized carbons (Fsp3) is 0.667. The molecule has 3 atom stereocenters. The Balaban J connectivity index is 2.72. The molecule has 2 heterocycles. The van der Waals surface area contributed by atoms with E-state index in [0.717, 1.165) is 0 Å². The van der Waals surface area contributed by atoms with Crippen molar-refractivity contribution >= 4 is 5.90 Å². The molecule has 2 aliphatic heterocycles. The van der Waals surface area contributed by atoms with Crippen molar-refractivity contribution in [2.75, 3.05) is 6.61 Å². The number of hydrogen-bond acceptors (Lipinski definition) is 6. The normalized spacial score (nSPS) is 40.2. The molecule has 1 N–H and O–H groups in total. The Hall–Kier alpha value is -2.10. The lowest BCUT2D eigenvalue weighted by Crippen LogP contribution is -2.57. The Morgan fingerprint density at radius 1 is 1.33 bits per heavy atom. The van der Waals surface area contributed by atoms with Gasteiger partial charge in [0.2, 0.25) is 11.7 Å². The van der Waals surface area contributed by atoms with Gasteiger partial charge in [-0.3, -0.25) is 5.41 Å². The van der Waals surface area contributed by atoms with Gasteiger partial charge in [-0.25, -0.2) is 0 Å². The Kier molecular flexibility index (Phi) is 2.37. The number of nitrogens with zero attached hydrogens (tertiary/aromatic N) is 3. The molecule has 2 fully saturated rings. The molecular formula is C12H12N4O2. The van der Waals surface area contributed by atoms with Gasteiger partial charge in [0, 0.05) is 6.42 Å². The zero-order valence-corrected chi connectivity index (χ0v) is 10.1. The van der Waals surface area contributed by atoms with Crippen LogP contribution in [0.25, 0.3) is 0 Å². The van der Waals surface area contributed by atoms with Gasteiger partial charge < -0.3 is 9.47 Å². The summed E-state index contributed by atoms with van der Waals surface area (Å²) in [6, 6.07) is 5.70. The van der Waals surface area contributed by atoms with Gasteiger partial charge in [0.25, 0.3) is 0 Å². The summed E-state index contributed by atoms with van der Waals surface area (Å²) in [5.41, 5.74) is -3.24. The molecule has 2 rings (SSSR count). The van der Waals surface area contributed by atoms with Crippen LogP contribution in [0.3, 0.4) is 0 Å². The van der Waals surface area contributed by atoms with Crippen LogP contribution >= 0.6 is 0 Å². The topological polar surface area (TPSA) is 114 Å². The van der Waals surface area contributed by atoms with Crippen LogP contribution in [-0.4, -0.2) is 18.3 Å². The minimum absolute atomic E-state index is 0.214. The molecule has 18 heavy (non-hydrogen) atoms. The second kappa shape index (κ2) is 3.45. The third kappa shape index (κ3) is 0.967. The maximum Gasteiger partial charge on any atom is 0.216 e. The van der Waals surface area contributed by atoms with Gasteiger partial charge in [-0.05, 0) is 0 Å². The smallest absolute Gasteiger partial charge is 0.216 e. The van der Waals surface area contributed by atoms with E-state index in [1.165, 1.54) is 0 Å². The molecule has 2 saturated heterocycles. The molecule has 0 aromatic heterocycles. The van der Waals surface area contributed by atoms with Crippen LogP contribution in [0.4, 0.5) is 0 Å².